The minimum atomic E-state index is -1.77. The summed E-state index contributed by atoms with van der Waals surface area (Å²) in [5, 5.41) is 10.2. The fourth-order valence-corrected chi connectivity index (χ4v) is 9.26. The van der Waals surface area contributed by atoms with Crippen molar-refractivity contribution in [1.29, 1.82) is 0 Å². The van der Waals surface area contributed by atoms with Gasteiger partial charge in [-0.15, -0.1) is 0 Å². The van der Waals surface area contributed by atoms with Crippen LogP contribution in [0.2, 0.25) is 16.6 Å². The minimum absolute atomic E-state index is 0.439. The molecule has 3 nitrogen and oxygen atoms in total. The molecule has 1 heterocycles. The Bertz CT molecular complexity index is 399. The molecule has 22 heavy (non-hydrogen) atoms. The number of aliphatic hydroxyl groups is 1. The van der Waals surface area contributed by atoms with E-state index in [1.807, 2.05) is 12.1 Å². The first-order valence-electron chi connectivity index (χ1n) is 8.54. The Morgan fingerprint density at radius 1 is 1.09 bits per heavy atom. The van der Waals surface area contributed by atoms with Crippen LogP contribution in [-0.4, -0.2) is 25.0 Å². The second-order valence-corrected chi connectivity index (χ2v) is 12.6. The molecule has 4 heteroatoms. The molecule has 0 amide bonds. The molecule has 0 aliphatic heterocycles. The number of pyridine rings is 1. The summed E-state index contributed by atoms with van der Waals surface area (Å²) in [5.41, 5.74) is 2.71. The van der Waals surface area contributed by atoms with Crippen LogP contribution < -0.4 is 0 Å². The maximum absolute atomic E-state index is 10.2. The molecule has 0 aliphatic carbocycles. The van der Waals surface area contributed by atoms with E-state index in [2.05, 4.69) is 46.5 Å². The number of hydrogen-bond acceptors (Lipinski definition) is 3. The molecule has 0 aromatic carbocycles. The Labute approximate surface area is 137 Å². The number of nitrogens with zero attached hydrogens (tertiary/aromatic N) is 1. The predicted molar refractivity (Wildman–Crippen MR) is 95.4 cm³/mol. The van der Waals surface area contributed by atoms with E-state index in [0.717, 1.165) is 25.0 Å². The zero-order valence-electron chi connectivity index (χ0n) is 15.0. The predicted octanol–water partition coefficient (Wildman–Crippen LogP) is 5.09. The van der Waals surface area contributed by atoms with Gasteiger partial charge in [0.05, 0.1) is 6.10 Å². The Morgan fingerprint density at radius 2 is 1.68 bits per heavy atom. The average Bonchev–Trinajstić information content (AvgIpc) is 2.46. The van der Waals surface area contributed by atoms with E-state index >= 15 is 0 Å². The third-order valence-corrected chi connectivity index (χ3v) is 10.9. The van der Waals surface area contributed by atoms with E-state index in [9.17, 15) is 5.11 Å². The molecule has 1 N–H and O–H groups in total. The summed E-state index contributed by atoms with van der Waals surface area (Å²) in [4.78, 5) is 4.06. The fraction of sp³-hybridized carbons (Fsp3) is 0.722. The van der Waals surface area contributed by atoms with Gasteiger partial charge in [0.25, 0.3) is 0 Å². The summed E-state index contributed by atoms with van der Waals surface area (Å²) in [6.45, 7) is 14.6. The van der Waals surface area contributed by atoms with Crippen LogP contribution in [0.3, 0.4) is 0 Å². The second-order valence-electron chi connectivity index (χ2n) is 7.11. The van der Waals surface area contributed by atoms with Crippen LogP contribution in [0, 0.1) is 0 Å². The van der Waals surface area contributed by atoms with Gasteiger partial charge in [-0.1, -0.05) is 47.6 Å². The second kappa shape index (κ2) is 8.80. The van der Waals surface area contributed by atoms with Crippen molar-refractivity contribution in [3.05, 3.63) is 30.1 Å². The molecule has 0 unspecified atom stereocenters. The highest BCUT2D eigenvalue weighted by Crippen LogP contribution is 2.42. The molecule has 1 aromatic heterocycles. The van der Waals surface area contributed by atoms with Crippen LogP contribution in [0.5, 0.6) is 0 Å². The van der Waals surface area contributed by atoms with E-state index < -0.39 is 14.4 Å². The maximum Gasteiger partial charge on any atom is 0.200 e. The lowest BCUT2D eigenvalue weighted by atomic mass is 10.1. The van der Waals surface area contributed by atoms with E-state index in [1.165, 1.54) is 0 Å². The number of rotatable bonds is 9. The van der Waals surface area contributed by atoms with Crippen molar-refractivity contribution in [2.45, 2.75) is 77.1 Å². The highest BCUT2D eigenvalue weighted by molar-refractivity contribution is 6.77. The standard InChI is InChI=1S/C18H33NO2Si/c1-14(2)22(15(3)4,16(5)6)21-12-8-10-18(20)17-9-7-11-19-13-17/h7,9,11,13-16,18,20H,8,10,12H2,1-6H3/t18-/m1/s1. The zero-order chi connectivity index (χ0) is 16.8. The lowest BCUT2D eigenvalue weighted by molar-refractivity contribution is 0.151. The van der Waals surface area contributed by atoms with Crippen LogP contribution in [-0.2, 0) is 4.43 Å². The van der Waals surface area contributed by atoms with E-state index in [-0.39, 0.29) is 0 Å². The SMILES string of the molecule is CC(C)[Si](OCCC[C@@H](O)c1cccnc1)(C(C)C)C(C)C. The van der Waals surface area contributed by atoms with Gasteiger partial charge < -0.3 is 9.53 Å². The Balaban J connectivity index is 2.53. The van der Waals surface area contributed by atoms with Crippen molar-refractivity contribution in [2.24, 2.45) is 0 Å². The first-order chi connectivity index (χ1) is 10.3. The Morgan fingerprint density at radius 3 is 2.14 bits per heavy atom. The molecule has 0 aliphatic rings. The number of hydrogen-bond donors (Lipinski definition) is 1. The van der Waals surface area contributed by atoms with Crippen molar-refractivity contribution in [2.75, 3.05) is 6.61 Å². The summed E-state index contributed by atoms with van der Waals surface area (Å²) in [6, 6.07) is 3.79. The Kier molecular flexibility index (Phi) is 7.73. The van der Waals surface area contributed by atoms with Gasteiger partial charge in [0.1, 0.15) is 0 Å². The third kappa shape index (κ3) is 4.64. The van der Waals surface area contributed by atoms with Gasteiger partial charge in [-0.3, -0.25) is 4.98 Å². The lowest BCUT2D eigenvalue weighted by Crippen LogP contribution is -2.48. The first-order valence-corrected chi connectivity index (χ1v) is 10.7. The number of aromatic nitrogens is 1. The monoisotopic (exact) mass is 323 g/mol. The molecule has 0 bridgehead atoms. The minimum Gasteiger partial charge on any atom is -0.416 e. The van der Waals surface area contributed by atoms with Crippen molar-refractivity contribution in [1.82, 2.24) is 4.98 Å². The van der Waals surface area contributed by atoms with Crippen LogP contribution in [0.25, 0.3) is 0 Å². The van der Waals surface area contributed by atoms with Gasteiger partial charge in [0.2, 0.25) is 0 Å². The van der Waals surface area contributed by atoms with Crippen molar-refractivity contribution < 1.29 is 9.53 Å². The van der Waals surface area contributed by atoms with Crippen molar-refractivity contribution >= 4 is 8.32 Å². The van der Waals surface area contributed by atoms with E-state index in [4.69, 9.17) is 4.43 Å². The summed E-state index contributed by atoms with van der Waals surface area (Å²) >= 11 is 0. The van der Waals surface area contributed by atoms with Crippen LogP contribution in [0.1, 0.15) is 66.1 Å². The number of aliphatic hydroxyl groups excluding tert-OH is 1. The molecule has 126 valence electrons. The average molecular weight is 324 g/mol. The molecule has 1 rings (SSSR count). The van der Waals surface area contributed by atoms with Gasteiger partial charge in [0, 0.05) is 19.0 Å². The highest BCUT2D eigenvalue weighted by atomic mass is 28.4. The topological polar surface area (TPSA) is 42.4 Å². The molecule has 0 fully saturated rings. The van der Waals surface area contributed by atoms with E-state index in [1.54, 1.807) is 12.4 Å². The summed E-state index contributed by atoms with van der Waals surface area (Å²) in [6.07, 6.45) is 4.64. The van der Waals surface area contributed by atoms with Gasteiger partial charge in [-0.25, -0.2) is 0 Å². The molecule has 1 atom stereocenters. The molecule has 0 radical (unpaired) electrons. The molecular weight excluding hydrogens is 290 g/mol. The molecular formula is C18H33NO2Si. The largest absolute Gasteiger partial charge is 0.416 e. The summed E-state index contributed by atoms with van der Waals surface area (Å²) in [7, 11) is -1.77. The highest BCUT2D eigenvalue weighted by Gasteiger charge is 2.44. The van der Waals surface area contributed by atoms with Gasteiger partial charge in [-0.05, 0) is 41.1 Å². The van der Waals surface area contributed by atoms with Gasteiger partial charge in [0.15, 0.2) is 8.32 Å². The van der Waals surface area contributed by atoms with Crippen LogP contribution in [0.4, 0.5) is 0 Å². The van der Waals surface area contributed by atoms with Crippen molar-refractivity contribution in [3.63, 3.8) is 0 Å². The quantitative estimate of drug-likeness (QED) is 0.508. The molecule has 0 saturated heterocycles. The fourth-order valence-electron chi connectivity index (χ4n) is 3.77. The lowest BCUT2D eigenvalue weighted by Gasteiger charge is -2.42. The normalized spacial score (nSPS) is 14.1. The van der Waals surface area contributed by atoms with Gasteiger partial charge in [-0.2, -0.15) is 0 Å². The zero-order valence-corrected chi connectivity index (χ0v) is 16.0. The van der Waals surface area contributed by atoms with E-state index in [0.29, 0.717) is 16.6 Å². The third-order valence-electron chi connectivity index (χ3n) is 4.75. The van der Waals surface area contributed by atoms with Crippen molar-refractivity contribution in [3.8, 4) is 0 Å². The summed E-state index contributed by atoms with van der Waals surface area (Å²) in [5.74, 6) is 0. The molecule has 0 saturated carbocycles. The first kappa shape index (κ1) is 19.3. The molecule has 0 spiro atoms. The smallest absolute Gasteiger partial charge is 0.200 e. The Hall–Kier alpha value is -0.713. The van der Waals surface area contributed by atoms with Gasteiger partial charge >= 0.3 is 0 Å². The summed E-state index contributed by atoms with van der Waals surface area (Å²) < 4.78 is 6.51. The van der Waals surface area contributed by atoms with Crippen LogP contribution >= 0.6 is 0 Å². The maximum atomic E-state index is 10.2. The van der Waals surface area contributed by atoms with Crippen LogP contribution in [0.15, 0.2) is 24.5 Å². The molecule has 1 aromatic rings.